The number of nitrogens with zero attached hydrogens (tertiary/aromatic N) is 1. The van der Waals surface area contributed by atoms with Crippen LogP contribution in [-0.4, -0.2) is 30.3 Å². The number of hydrogen-bond acceptors (Lipinski definition) is 2. The van der Waals surface area contributed by atoms with Gasteiger partial charge in [0.05, 0.1) is 0 Å². The van der Waals surface area contributed by atoms with Crippen molar-refractivity contribution >= 4 is 5.78 Å². The molecule has 1 unspecified atom stereocenters. The lowest BCUT2D eigenvalue weighted by Gasteiger charge is -2.58. The minimum atomic E-state index is 0.159. The molecule has 2 nitrogen and oxygen atoms in total. The molecule has 106 valence electrons. The van der Waals surface area contributed by atoms with Crippen LogP contribution < -0.4 is 0 Å². The molecule has 4 rings (SSSR count). The molecule has 1 aromatic rings. The number of piperidine rings is 1. The first kappa shape index (κ1) is 12.6. The van der Waals surface area contributed by atoms with Crippen molar-refractivity contribution in [3.63, 3.8) is 0 Å². The number of likely N-dealkylation sites (tertiary alicyclic amines) is 1. The van der Waals surface area contributed by atoms with Crippen LogP contribution >= 0.6 is 0 Å². The van der Waals surface area contributed by atoms with E-state index in [1.165, 1.54) is 23.1 Å². The number of fused-ring (bicyclic) bond motifs is 1. The summed E-state index contributed by atoms with van der Waals surface area (Å²) in [7, 11) is 2.27. The van der Waals surface area contributed by atoms with Crippen LogP contribution in [-0.2, 0) is 16.6 Å². The molecule has 0 amide bonds. The van der Waals surface area contributed by atoms with Gasteiger partial charge in [-0.15, -0.1) is 0 Å². The van der Waals surface area contributed by atoms with Gasteiger partial charge in [0.15, 0.2) is 0 Å². The summed E-state index contributed by atoms with van der Waals surface area (Å²) in [6.45, 7) is 3.32. The predicted molar refractivity (Wildman–Crippen MR) is 79.9 cm³/mol. The Morgan fingerprint density at radius 2 is 2.20 bits per heavy atom. The maximum absolute atomic E-state index is 12.2. The van der Waals surface area contributed by atoms with Gasteiger partial charge in [0, 0.05) is 24.3 Å². The first-order chi connectivity index (χ1) is 9.60. The summed E-state index contributed by atoms with van der Waals surface area (Å²) in [4.78, 5) is 14.7. The number of ketones is 1. The van der Waals surface area contributed by atoms with Gasteiger partial charge in [-0.05, 0) is 56.8 Å². The van der Waals surface area contributed by atoms with Crippen LogP contribution in [0.3, 0.4) is 0 Å². The molecule has 1 aromatic carbocycles. The zero-order valence-electron chi connectivity index (χ0n) is 12.5. The molecule has 0 radical (unpaired) electrons. The van der Waals surface area contributed by atoms with Gasteiger partial charge < -0.3 is 4.90 Å². The maximum Gasteiger partial charge on any atom is 0.133 e. The zero-order valence-corrected chi connectivity index (χ0v) is 12.5. The molecule has 1 saturated heterocycles. The molecule has 0 aromatic heterocycles. The van der Waals surface area contributed by atoms with Gasteiger partial charge in [-0.25, -0.2) is 0 Å². The van der Waals surface area contributed by atoms with E-state index in [2.05, 4.69) is 37.1 Å². The Balaban J connectivity index is 1.92. The van der Waals surface area contributed by atoms with E-state index in [1.807, 2.05) is 0 Å². The van der Waals surface area contributed by atoms with Crippen LogP contribution in [0, 0.1) is 12.8 Å². The summed E-state index contributed by atoms with van der Waals surface area (Å²) >= 11 is 0. The highest BCUT2D eigenvalue weighted by Gasteiger charge is 2.54. The smallest absolute Gasteiger partial charge is 0.133 e. The van der Waals surface area contributed by atoms with Gasteiger partial charge in [-0.1, -0.05) is 23.8 Å². The lowest BCUT2D eigenvalue weighted by atomic mass is 9.52. The van der Waals surface area contributed by atoms with Crippen molar-refractivity contribution in [2.24, 2.45) is 5.92 Å². The van der Waals surface area contributed by atoms with E-state index in [4.69, 9.17) is 0 Å². The van der Waals surface area contributed by atoms with Crippen molar-refractivity contribution in [2.75, 3.05) is 13.6 Å². The van der Waals surface area contributed by atoms with E-state index < -0.39 is 0 Å². The average molecular weight is 269 g/mol. The van der Waals surface area contributed by atoms with Gasteiger partial charge in [-0.2, -0.15) is 0 Å². The van der Waals surface area contributed by atoms with E-state index in [0.717, 1.165) is 32.2 Å². The second kappa shape index (κ2) is 4.17. The van der Waals surface area contributed by atoms with Gasteiger partial charge in [0.2, 0.25) is 0 Å². The van der Waals surface area contributed by atoms with Crippen LogP contribution in [0.25, 0.3) is 0 Å². The van der Waals surface area contributed by atoms with Crippen molar-refractivity contribution in [2.45, 2.75) is 50.5 Å². The fraction of sp³-hybridized carbons (Fsp3) is 0.611. The molecule has 3 atom stereocenters. The molecule has 3 aliphatic rings. The molecule has 1 heterocycles. The van der Waals surface area contributed by atoms with Crippen molar-refractivity contribution in [1.29, 1.82) is 0 Å². The third-order valence-electron chi connectivity index (χ3n) is 6.13. The van der Waals surface area contributed by atoms with Gasteiger partial charge in [0.25, 0.3) is 0 Å². The summed E-state index contributed by atoms with van der Waals surface area (Å²) in [5, 5.41) is 0. The Kier molecular flexibility index (Phi) is 2.62. The first-order valence-corrected chi connectivity index (χ1v) is 7.92. The van der Waals surface area contributed by atoms with E-state index in [9.17, 15) is 4.79 Å². The fourth-order valence-electron chi connectivity index (χ4n) is 5.13. The number of carbonyl (C=O) groups is 1. The summed E-state index contributed by atoms with van der Waals surface area (Å²) in [5.74, 6) is 1.17. The van der Waals surface area contributed by atoms with E-state index in [0.29, 0.717) is 17.7 Å². The van der Waals surface area contributed by atoms with Crippen molar-refractivity contribution in [3.05, 3.63) is 34.9 Å². The molecule has 0 spiro atoms. The van der Waals surface area contributed by atoms with Crippen molar-refractivity contribution in [3.8, 4) is 0 Å². The highest BCUT2D eigenvalue weighted by atomic mass is 16.1. The molecule has 0 N–H and O–H groups in total. The number of carbonyl (C=O) groups excluding carboxylic acids is 1. The first-order valence-electron chi connectivity index (χ1n) is 7.92. The van der Waals surface area contributed by atoms with Crippen LogP contribution in [0.15, 0.2) is 18.2 Å². The quantitative estimate of drug-likeness (QED) is 0.722. The Morgan fingerprint density at radius 3 is 3.05 bits per heavy atom. The van der Waals surface area contributed by atoms with Crippen molar-refractivity contribution < 1.29 is 4.79 Å². The van der Waals surface area contributed by atoms with Gasteiger partial charge >= 0.3 is 0 Å². The maximum atomic E-state index is 12.2. The molecule has 1 saturated carbocycles. The topological polar surface area (TPSA) is 20.3 Å². The van der Waals surface area contributed by atoms with Gasteiger partial charge in [0.1, 0.15) is 5.78 Å². The van der Waals surface area contributed by atoms with E-state index in [1.54, 1.807) is 0 Å². The fourth-order valence-corrected chi connectivity index (χ4v) is 5.13. The van der Waals surface area contributed by atoms with Crippen molar-refractivity contribution in [1.82, 2.24) is 4.90 Å². The summed E-state index contributed by atoms with van der Waals surface area (Å²) < 4.78 is 0. The lowest BCUT2D eigenvalue weighted by Crippen LogP contribution is -2.60. The zero-order chi connectivity index (χ0) is 13.9. The highest BCUT2D eigenvalue weighted by molar-refractivity contribution is 5.81. The third kappa shape index (κ3) is 1.57. The Labute approximate surface area is 121 Å². The molecule has 2 bridgehead atoms. The molecule has 2 heteroatoms. The number of benzene rings is 1. The number of likely N-dealkylation sites (N-methyl/N-ethyl adjacent to an activating group) is 1. The minimum Gasteiger partial charge on any atom is -0.303 e. The highest BCUT2D eigenvalue weighted by Crippen LogP contribution is 2.54. The summed E-state index contributed by atoms with van der Waals surface area (Å²) in [6.07, 6.45) is 5.02. The van der Waals surface area contributed by atoms with Crippen LogP contribution in [0.5, 0.6) is 0 Å². The van der Waals surface area contributed by atoms with Crippen LogP contribution in [0.1, 0.15) is 42.4 Å². The Morgan fingerprint density at radius 1 is 1.35 bits per heavy atom. The summed E-state index contributed by atoms with van der Waals surface area (Å²) in [5.41, 5.74) is 4.51. The van der Waals surface area contributed by atoms with E-state index in [-0.39, 0.29) is 5.41 Å². The minimum absolute atomic E-state index is 0.159. The average Bonchev–Trinajstić information content (AvgIpc) is 2.43. The monoisotopic (exact) mass is 269 g/mol. The summed E-state index contributed by atoms with van der Waals surface area (Å²) in [6, 6.07) is 7.57. The molecular formula is C18H23NO. The second-order valence-corrected chi connectivity index (χ2v) is 7.18. The molecule has 1 aliphatic heterocycles. The largest absolute Gasteiger partial charge is 0.303 e. The molecule has 20 heavy (non-hydrogen) atoms. The van der Waals surface area contributed by atoms with Gasteiger partial charge in [-0.3, -0.25) is 4.79 Å². The Bertz CT molecular complexity index is 579. The van der Waals surface area contributed by atoms with Crippen LogP contribution in [0.4, 0.5) is 0 Å². The predicted octanol–water partition coefficient (Wildman–Crippen LogP) is 2.86. The number of hydrogen-bond donors (Lipinski definition) is 0. The number of Topliss-reactive ketones (excluding diaryl/α,β-unsaturated/α-hetero) is 1. The second-order valence-electron chi connectivity index (χ2n) is 7.18. The molecular weight excluding hydrogens is 246 g/mol. The molecule has 2 fully saturated rings. The SMILES string of the molecule is Cc1ccc2c(c1)[C@]13CCN(C)C(C2)[C@@H]1CCC(=O)C3. The van der Waals surface area contributed by atoms with Crippen LogP contribution in [0.2, 0.25) is 0 Å². The number of rotatable bonds is 0. The van der Waals surface area contributed by atoms with E-state index >= 15 is 0 Å². The third-order valence-corrected chi connectivity index (χ3v) is 6.13. The number of aryl methyl sites for hydroxylation is 1. The normalized spacial score (nSPS) is 36.4. The standard InChI is InChI=1S/C18H23NO/c1-12-3-4-13-10-17-15-6-5-14(20)11-18(15,16(13)9-12)7-8-19(17)2/h3-4,9,15,17H,5-8,10-11H2,1-2H3/t15-,17?,18-/m0/s1. The lowest BCUT2D eigenvalue weighted by molar-refractivity contribution is -0.126. The molecule has 2 aliphatic carbocycles. The Hall–Kier alpha value is -1.15.